The maximum absolute atomic E-state index is 12.2. The Balaban J connectivity index is 2.56. The van der Waals surface area contributed by atoms with E-state index in [9.17, 15) is 9.59 Å². The first-order valence-electron chi connectivity index (χ1n) is 7.52. The number of hydrogen-bond donors (Lipinski definition) is 2. The van der Waals surface area contributed by atoms with Gasteiger partial charge in [0.15, 0.2) is 0 Å². The van der Waals surface area contributed by atoms with E-state index >= 15 is 0 Å². The van der Waals surface area contributed by atoms with Crippen LogP contribution in [-0.2, 0) is 14.3 Å². The van der Waals surface area contributed by atoms with Gasteiger partial charge >= 0.3 is 0 Å². The van der Waals surface area contributed by atoms with Crippen molar-refractivity contribution < 1.29 is 14.3 Å². The van der Waals surface area contributed by atoms with Crippen molar-refractivity contribution in [3.8, 4) is 0 Å². The van der Waals surface area contributed by atoms with Crippen LogP contribution in [0.3, 0.4) is 0 Å². The summed E-state index contributed by atoms with van der Waals surface area (Å²) in [6, 6.07) is -0.322. The van der Waals surface area contributed by atoms with E-state index in [1.54, 1.807) is 11.9 Å². The molecule has 1 aliphatic heterocycles. The third-order valence-electron chi connectivity index (χ3n) is 3.43. The van der Waals surface area contributed by atoms with E-state index in [-0.39, 0.29) is 24.4 Å². The number of carbonyl (C=O) groups excluding carboxylic acids is 2. The number of amides is 2. The fraction of sp³-hybridized carbons (Fsp3) is 0.857. The van der Waals surface area contributed by atoms with Crippen LogP contribution in [0.25, 0.3) is 0 Å². The van der Waals surface area contributed by atoms with Crippen LogP contribution < -0.4 is 11.1 Å². The Morgan fingerprint density at radius 1 is 1.48 bits per heavy atom. The van der Waals surface area contributed by atoms with E-state index in [1.165, 1.54) is 0 Å². The fourth-order valence-electron chi connectivity index (χ4n) is 2.20. The molecule has 0 aromatic rings. The van der Waals surface area contributed by atoms with Crippen molar-refractivity contribution in [2.45, 2.75) is 32.4 Å². The predicted octanol–water partition coefficient (Wildman–Crippen LogP) is -0.981. The maximum Gasteiger partial charge on any atom is 0.239 e. The first-order valence-corrected chi connectivity index (χ1v) is 7.52. The number of ether oxygens (including phenoxy) is 1. The molecule has 1 saturated heterocycles. The van der Waals surface area contributed by atoms with Gasteiger partial charge in [0.2, 0.25) is 11.8 Å². The number of rotatable bonds is 7. The molecule has 0 aliphatic carbocycles. The smallest absolute Gasteiger partial charge is 0.239 e. The summed E-state index contributed by atoms with van der Waals surface area (Å²) in [4.78, 5) is 27.9. The molecule has 1 unspecified atom stereocenters. The number of carbonyl (C=O) groups is 2. The van der Waals surface area contributed by atoms with Crippen LogP contribution >= 0.6 is 0 Å². The average Bonchev–Trinajstić information content (AvgIpc) is 2.44. The minimum atomic E-state index is -0.395. The van der Waals surface area contributed by atoms with Gasteiger partial charge in [-0.2, -0.15) is 0 Å². The zero-order valence-electron chi connectivity index (χ0n) is 13.3. The highest BCUT2D eigenvalue weighted by Crippen LogP contribution is 2.08. The lowest BCUT2D eigenvalue weighted by molar-refractivity contribution is -0.139. The summed E-state index contributed by atoms with van der Waals surface area (Å²) in [5.74, 6) is -0.0743. The second-order valence-electron chi connectivity index (χ2n) is 5.68. The molecule has 0 aromatic heterocycles. The van der Waals surface area contributed by atoms with E-state index in [0.717, 1.165) is 6.42 Å². The molecule has 1 aliphatic rings. The van der Waals surface area contributed by atoms with Crippen molar-refractivity contribution in [1.29, 1.82) is 0 Å². The van der Waals surface area contributed by atoms with Crippen LogP contribution in [0.4, 0.5) is 0 Å². The van der Waals surface area contributed by atoms with Crippen molar-refractivity contribution in [3.05, 3.63) is 0 Å². The van der Waals surface area contributed by atoms with Gasteiger partial charge in [0.1, 0.15) is 6.04 Å². The highest BCUT2D eigenvalue weighted by atomic mass is 16.5. The largest absolute Gasteiger partial charge is 0.378 e. The first kappa shape index (κ1) is 17.9. The van der Waals surface area contributed by atoms with Crippen molar-refractivity contribution in [2.75, 3.05) is 46.4 Å². The molecule has 0 spiro atoms. The summed E-state index contributed by atoms with van der Waals surface area (Å²) in [5, 5.41) is 2.88. The third-order valence-corrected chi connectivity index (χ3v) is 3.43. The van der Waals surface area contributed by atoms with E-state index in [2.05, 4.69) is 5.32 Å². The zero-order chi connectivity index (χ0) is 15.8. The predicted molar refractivity (Wildman–Crippen MR) is 80.8 cm³/mol. The molecule has 3 N–H and O–H groups in total. The van der Waals surface area contributed by atoms with Crippen molar-refractivity contribution in [1.82, 2.24) is 15.1 Å². The van der Waals surface area contributed by atoms with E-state index < -0.39 is 6.04 Å². The summed E-state index contributed by atoms with van der Waals surface area (Å²) >= 11 is 0. The first-order chi connectivity index (χ1) is 9.95. The molecular weight excluding hydrogens is 272 g/mol. The second kappa shape index (κ2) is 8.96. The monoisotopic (exact) mass is 300 g/mol. The minimum absolute atomic E-state index is 0.00713. The minimum Gasteiger partial charge on any atom is -0.378 e. The van der Waals surface area contributed by atoms with Gasteiger partial charge < -0.3 is 20.7 Å². The van der Waals surface area contributed by atoms with Gasteiger partial charge in [0.05, 0.1) is 19.8 Å². The Kier molecular flexibility index (Phi) is 7.63. The van der Waals surface area contributed by atoms with Crippen molar-refractivity contribution in [3.63, 3.8) is 0 Å². The molecule has 2 amide bonds. The molecule has 122 valence electrons. The highest BCUT2D eigenvalue weighted by molar-refractivity contribution is 5.84. The van der Waals surface area contributed by atoms with Gasteiger partial charge in [-0.05, 0) is 26.8 Å². The number of likely N-dealkylation sites (N-methyl/N-ethyl adjacent to an activating group) is 1. The van der Waals surface area contributed by atoms with Crippen LogP contribution in [0.1, 0.15) is 20.3 Å². The Morgan fingerprint density at radius 2 is 2.19 bits per heavy atom. The topological polar surface area (TPSA) is 87.9 Å². The number of nitrogens with two attached hydrogens (primary N) is 1. The number of nitrogens with one attached hydrogen (secondary N) is 1. The molecule has 0 saturated carbocycles. The lowest BCUT2D eigenvalue weighted by Crippen LogP contribution is -2.57. The van der Waals surface area contributed by atoms with Gasteiger partial charge in [-0.1, -0.05) is 0 Å². The summed E-state index contributed by atoms with van der Waals surface area (Å²) in [5.41, 5.74) is 5.45. The van der Waals surface area contributed by atoms with Gasteiger partial charge in [0, 0.05) is 26.2 Å². The molecule has 1 heterocycles. The van der Waals surface area contributed by atoms with Crippen LogP contribution in [-0.4, -0.2) is 80.1 Å². The summed E-state index contributed by atoms with van der Waals surface area (Å²) in [6.45, 7) is 6.74. The van der Waals surface area contributed by atoms with Crippen molar-refractivity contribution in [2.24, 2.45) is 5.73 Å². The molecule has 0 radical (unpaired) electrons. The van der Waals surface area contributed by atoms with Crippen LogP contribution in [0.15, 0.2) is 0 Å². The van der Waals surface area contributed by atoms with Crippen LogP contribution in [0.2, 0.25) is 0 Å². The highest BCUT2D eigenvalue weighted by Gasteiger charge is 2.31. The van der Waals surface area contributed by atoms with E-state index in [0.29, 0.717) is 32.8 Å². The normalized spacial score (nSPS) is 19.6. The Labute approximate surface area is 126 Å². The molecular formula is C14H28N4O3. The second-order valence-corrected chi connectivity index (χ2v) is 5.68. The van der Waals surface area contributed by atoms with Gasteiger partial charge in [-0.15, -0.1) is 0 Å². The molecule has 7 nitrogen and oxygen atoms in total. The lowest BCUT2D eigenvalue weighted by atomic mass is 10.2. The molecule has 21 heavy (non-hydrogen) atoms. The summed E-state index contributed by atoms with van der Waals surface area (Å²) in [7, 11) is 1.77. The number of morpholine rings is 1. The maximum atomic E-state index is 12.2. The molecule has 1 atom stereocenters. The Hall–Kier alpha value is -1.18. The molecule has 0 aromatic carbocycles. The van der Waals surface area contributed by atoms with Crippen LogP contribution in [0.5, 0.6) is 0 Å². The number of hydrogen-bond acceptors (Lipinski definition) is 5. The van der Waals surface area contributed by atoms with E-state index in [1.807, 2.05) is 18.7 Å². The van der Waals surface area contributed by atoms with Crippen LogP contribution in [0, 0.1) is 0 Å². The van der Waals surface area contributed by atoms with E-state index in [4.69, 9.17) is 10.5 Å². The number of nitrogens with zero attached hydrogens (tertiary/aromatic N) is 2. The standard InChI is InChI=1S/C14H28N4O3/c1-11(2)16-14(20)12-10-21-8-7-18(12)9-13(19)17(3)6-4-5-15/h11-12H,4-10,15H2,1-3H3,(H,16,20). The lowest BCUT2D eigenvalue weighted by Gasteiger charge is -2.35. The quantitative estimate of drug-likeness (QED) is 0.631. The van der Waals surface area contributed by atoms with Gasteiger partial charge in [0.25, 0.3) is 0 Å². The Bertz CT molecular complexity index is 349. The third kappa shape index (κ3) is 5.99. The average molecular weight is 300 g/mol. The molecule has 1 rings (SSSR count). The molecule has 0 bridgehead atoms. The van der Waals surface area contributed by atoms with Gasteiger partial charge in [-0.25, -0.2) is 0 Å². The molecule has 1 fully saturated rings. The summed E-state index contributed by atoms with van der Waals surface area (Å²) in [6.07, 6.45) is 0.780. The summed E-state index contributed by atoms with van der Waals surface area (Å²) < 4.78 is 5.38. The van der Waals surface area contributed by atoms with Crippen molar-refractivity contribution >= 4 is 11.8 Å². The Morgan fingerprint density at radius 3 is 2.81 bits per heavy atom. The molecule has 7 heteroatoms. The SMILES string of the molecule is CC(C)NC(=O)C1COCCN1CC(=O)N(C)CCCN. The fourth-order valence-corrected chi connectivity index (χ4v) is 2.20. The zero-order valence-corrected chi connectivity index (χ0v) is 13.3. The van der Waals surface area contributed by atoms with Gasteiger partial charge in [-0.3, -0.25) is 14.5 Å².